The van der Waals surface area contributed by atoms with Crippen LogP contribution in [0.1, 0.15) is 17.3 Å². The average Bonchev–Trinajstić information content (AvgIpc) is 2.53. The maximum Gasteiger partial charge on any atom is 0.172 e. The second-order valence-corrected chi connectivity index (χ2v) is 4.47. The van der Waals surface area contributed by atoms with Crippen molar-refractivity contribution < 1.29 is 9.69 Å². The van der Waals surface area contributed by atoms with Gasteiger partial charge in [-0.15, -0.1) is 0 Å². The van der Waals surface area contributed by atoms with Crippen LogP contribution in [0, 0.1) is 5.92 Å². The summed E-state index contributed by atoms with van der Waals surface area (Å²) in [6.45, 7) is 2.89. The molecule has 1 heterocycles. The summed E-state index contributed by atoms with van der Waals surface area (Å²) in [7, 11) is 4.13. The first kappa shape index (κ1) is 10.4. The second-order valence-electron chi connectivity index (χ2n) is 3.69. The van der Waals surface area contributed by atoms with E-state index in [1.807, 2.05) is 23.8 Å². The highest BCUT2D eigenvalue weighted by molar-refractivity contribution is 7.08. The smallest absolute Gasteiger partial charge is 0.172 e. The van der Waals surface area contributed by atoms with Crippen molar-refractivity contribution in [1.29, 1.82) is 0 Å². The molecule has 72 valence electrons. The maximum absolute atomic E-state index is 11.7. The summed E-state index contributed by atoms with van der Waals surface area (Å²) >= 11 is 1.58. The van der Waals surface area contributed by atoms with Gasteiger partial charge in [0.25, 0.3) is 0 Å². The van der Waals surface area contributed by atoms with Gasteiger partial charge in [-0.3, -0.25) is 4.79 Å². The Kier molecular flexibility index (Phi) is 3.63. The zero-order valence-electron chi connectivity index (χ0n) is 8.33. The largest absolute Gasteiger partial charge is 0.339 e. The Hall–Kier alpha value is -0.670. The molecular weight excluding hydrogens is 182 g/mol. The Balaban J connectivity index is 2.58. The summed E-state index contributed by atoms with van der Waals surface area (Å²) in [4.78, 5) is 13.1. The third kappa shape index (κ3) is 2.94. The predicted molar refractivity (Wildman–Crippen MR) is 55.5 cm³/mol. The molecule has 0 aliphatic rings. The lowest BCUT2D eigenvalue weighted by atomic mass is 10.0. The number of rotatable bonds is 4. The van der Waals surface area contributed by atoms with Crippen LogP contribution in [0.4, 0.5) is 0 Å². The van der Waals surface area contributed by atoms with Gasteiger partial charge < -0.3 is 4.90 Å². The Morgan fingerprint density at radius 2 is 2.31 bits per heavy atom. The molecule has 0 saturated heterocycles. The minimum Gasteiger partial charge on any atom is -0.339 e. The van der Waals surface area contributed by atoms with Gasteiger partial charge in [0, 0.05) is 10.9 Å². The maximum atomic E-state index is 11.7. The van der Waals surface area contributed by atoms with Gasteiger partial charge in [0.15, 0.2) is 5.78 Å². The molecule has 1 atom stereocenters. The number of thiophene rings is 1. The van der Waals surface area contributed by atoms with E-state index in [1.54, 1.807) is 11.3 Å². The first-order valence-electron chi connectivity index (χ1n) is 4.46. The molecule has 0 saturated carbocycles. The van der Waals surface area contributed by atoms with Crippen LogP contribution in [0.5, 0.6) is 0 Å². The van der Waals surface area contributed by atoms with Gasteiger partial charge in [-0.2, -0.15) is 11.3 Å². The van der Waals surface area contributed by atoms with E-state index in [4.69, 9.17) is 0 Å². The highest BCUT2D eigenvalue weighted by atomic mass is 32.1. The van der Waals surface area contributed by atoms with Crippen molar-refractivity contribution in [3.63, 3.8) is 0 Å². The molecule has 0 aromatic carbocycles. The first-order chi connectivity index (χ1) is 6.11. The minimum absolute atomic E-state index is 0.125. The molecule has 1 aromatic heterocycles. The van der Waals surface area contributed by atoms with E-state index in [-0.39, 0.29) is 11.7 Å². The van der Waals surface area contributed by atoms with Crippen LogP contribution in [0.2, 0.25) is 0 Å². The standard InChI is InChI=1S/C10H15NOS/c1-8(6-11(2)3)10(12)9-4-5-13-7-9/h4-5,7-8H,6H2,1-3H3/p+1/t8-/m0/s1. The highest BCUT2D eigenvalue weighted by Gasteiger charge is 2.17. The van der Waals surface area contributed by atoms with E-state index in [2.05, 4.69) is 14.1 Å². The summed E-state index contributed by atoms with van der Waals surface area (Å²) in [6.07, 6.45) is 0. The van der Waals surface area contributed by atoms with Gasteiger partial charge in [-0.1, -0.05) is 0 Å². The molecule has 0 radical (unpaired) electrons. The van der Waals surface area contributed by atoms with Crippen LogP contribution in [0.15, 0.2) is 16.8 Å². The second kappa shape index (κ2) is 4.53. The molecular formula is C10H16NOS+. The van der Waals surface area contributed by atoms with E-state index in [0.717, 1.165) is 12.1 Å². The lowest BCUT2D eigenvalue weighted by Gasteiger charge is -2.12. The van der Waals surface area contributed by atoms with Crippen LogP contribution in [0.25, 0.3) is 0 Å². The average molecular weight is 198 g/mol. The fourth-order valence-electron chi connectivity index (χ4n) is 1.39. The molecule has 0 aliphatic heterocycles. The number of hydrogen-bond acceptors (Lipinski definition) is 2. The van der Waals surface area contributed by atoms with Crippen LogP contribution >= 0.6 is 11.3 Å². The van der Waals surface area contributed by atoms with Crippen LogP contribution in [-0.2, 0) is 0 Å². The summed E-state index contributed by atoms with van der Waals surface area (Å²) < 4.78 is 0. The molecule has 0 aliphatic carbocycles. The SMILES string of the molecule is C[C@@H](C[NH+](C)C)C(=O)c1ccsc1. The lowest BCUT2D eigenvalue weighted by Crippen LogP contribution is -3.06. The number of nitrogens with one attached hydrogen (secondary N) is 1. The number of carbonyl (C=O) groups is 1. The quantitative estimate of drug-likeness (QED) is 0.707. The predicted octanol–water partition coefficient (Wildman–Crippen LogP) is 0.711. The molecule has 3 heteroatoms. The topological polar surface area (TPSA) is 21.5 Å². The highest BCUT2D eigenvalue weighted by Crippen LogP contribution is 2.11. The van der Waals surface area contributed by atoms with Gasteiger partial charge in [0.1, 0.15) is 0 Å². The third-order valence-electron chi connectivity index (χ3n) is 1.97. The minimum atomic E-state index is 0.125. The van der Waals surface area contributed by atoms with Gasteiger partial charge >= 0.3 is 0 Å². The van der Waals surface area contributed by atoms with E-state index < -0.39 is 0 Å². The molecule has 0 unspecified atom stereocenters. The number of Topliss-reactive ketones (excluding diaryl/α,β-unsaturated/α-hetero) is 1. The van der Waals surface area contributed by atoms with Gasteiger partial charge in [0.05, 0.1) is 26.6 Å². The molecule has 2 nitrogen and oxygen atoms in total. The zero-order chi connectivity index (χ0) is 9.84. The van der Waals surface area contributed by atoms with Crippen molar-refractivity contribution in [3.05, 3.63) is 22.4 Å². The first-order valence-corrected chi connectivity index (χ1v) is 5.41. The summed E-state index contributed by atoms with van der Waals surface area (Å²) in [5.74, 6) is 0.391. The number of hydrogen-bond donors (Lipinski definition) is 1. The summed E-state index contributed by atoms with van der Waals surface area (Å²) in [6, 6.07) is 1.90. The molecule has 0 spiro atoms. The molecule has 1 aromatic rings. The van der Waals surface area contributed by atoms with Crippen molar-refractivity contribution in [3.8, 4) is 0 Å². The van der Waals surface area contributed by atoms with Crippen LogP contribution in [-0.4, -0.2) is 26.4 Å². The van der Waals surface area contributed by atoms with E-state index in [0.29, 0.717) is 0 Å². The monoisotopic (exact) mass is 198 g/mol. The van der Waals surface area contributed by atoms with Crippen LogP contribution < -0.4 is 4.90 Å². The van der Waals surface area contributed by atoms with Crippen molar-refractivity contribution in [2.24, 2.45) is 5.92 Å². The molecule has 0 amide bonds. The fraction of sp³-hybridized carbons (Fsp3) is 0.500. The molecule has 1 rings (SSSR count). The lowest BCUT2D eigenvalue weighted by molar-refractivity contribution is -0.860. The molecule has 0 bridgehead atoms. The summed E-state index contributed by atoms with van der Waals surface area (Å²) in [5.41, 5.74) is 0.860. The van der Waals surface area contributed by atoms with E-state index in [9.17, 15) is 4.79 Å². The van der Waals surface area contributed by atoms with Crippen molar-refractivity contribution in [2.45, 2.75) is 6.92 Å². The van der Waals surface area contributed by atoms with Gasteiger partial charge in [-0.25, -0.2) is 0 Å². The van der Waals surface area contributed by atoms with Crippen molar-refractivity contribution >= 4 is 17.1 Å². The van der Waals surface area contributed by atoms with Gasteiger partial charge in [-0.05, 0) is 18.4 Å². The van der Waals surface area contributed by atoms with Crippen molar-refractivity contribution in [1.82, 2.24) is 0 Å². The fourth-order valence-corrected chi connectivity index (χ4v) is 2.04. The Labute approximate surface area is 83.2 Å². The number of carbonyl (C=O) groups excluding carboxylic acids is 1. The van der Waals surface area contributed by atoms with E-state index >= 15 is 0 Å². The number of ketones is 1. The summed E-state index contributed by atoms with van der Waals surface area (Å²) in [5, 5.41) is 3.87. The zero-order valence-corrected chi connectivity index (χ0v) is 9.15. The molecule has 0 fully saturated rings. The Morgan fingerprint density at radius 1 is 1.62 bits per heavy atom. The van der Waals surface area contributed by atoms with Crippen LogP contribution in [0.3, 0.4) is 0 Å². The Bertz CT molecular complexity index is 266. The third-order valence-corrected chi connectivity index (χ3v) is 2.65. The normalized spacial score (nSPS) is 13.2. The Morgan fingerprint density at radius 3 is 2.77 bits per heavy atom. The number of quaternary nitrogens is 1. The van der Waals surface area contributed by atoms with Crippen molar-refractivity contribution in [2.75, 3.05) is 20.6 Å². The molecule has 1 N–H and O–H groups in total. The van der Waals surface area contributed by atoms with E-state index in [1.165, 1.54) is 4.90 Å². The molecule has 13 heavy (non-hydrogen) atoms. The van der Waals surface area contributed by atoms with Gasteiger partial charge in [0.2, 0.25) is 0 Å².